The van der Waals surface area contributed by atoms with E-state index in [9.17, 15) is 18.5 Å². The average Bonchev–Trinajstić information content (AvgIpc) is 2.29. The molecule has 0 unspecified atom stereocenters. The van der Waals surface area contributed by atoms with Gasteiger partial charge < -0.3 is 4.74 Å². The van der Waals surface area contributed by atoms with E-state index in [1.807, 2.05) is 0 Å². The Morgan fingerprint density at radius 2 is 2.11 bits per heavy atom. The number of rotatable bonds is 4. The molecule has 0 fully saturated rings. The van der Waals surface area contributed by atoms with Crippen molar-refractivity contribution in [3.8, 4) is 17.6 Å². The maximum absolute atomic E-state index is 11.4. The lowest BCUT2D eigenvalue weighted by molar-refractivity contribution is -0.385. The fourth-order valence-electron chi connectivity index (χ4n) is 1.38. The molecule has 0 aliphatic carbocycles. The molecule has 0 saturated carbocycles. The minimum Gasteiger partial charge on any atom is -0.479 e. The van der Waals surface area contributed by atoms with Gasteiger partial charge in [-0.3, -0.25) is 10.1 Å². The van der Waals surface area contributed by atoms with E-state index in [4.69, 9.17) is 15.4 Å². The van der Waals surface area contributed by atoms with Crippen LogP contribution in [0.25, 0.3) is 0 Å². The van der Waals surface area contributed by atoms with E-state index < -0.39 is 18.9 Å². The zero-order valence-electron chi connectivity index (χ0n) is 10.1. The van der Waals surface area contributed by atoms with Crippen LogP contribution in [-0.2, 0) is 9.05 Å². The van der Waals surface area contributed by atoms with E-state index in [1.165, 1.54) is 13.0 Å². The zero-order chi connectivity index (χ0) is 14.6. The van der Waals surface area contributed by atoms with Crippen molar-refractivity contribution < 1.29 is 18.1 Å². The van der Waals surface area contributed by atoms with E-state index in [0.29, 0.717) is 5.56 Å². The van der Waals surface area contributed by atoms with Gasteiger partial charge in [-0.15, -0.1) is 5.92 Å². The van der Waals surface area contributed by atoms with Crippen LogP contribution in [0.1, 0.15) is 12.5 Å². The number of non-ortho nitro benzene ring substituents is 1. The molecule has 0 heterocycles. The van der Waals surface area contributed by atoms with Gasteiger partial charge in [0, 0.05) is 22.8 Å². The summed E-state index contributed by atoms with van der Waals surface area (Å²) in [4.78, 5) is 9.58. The Morgan fingerprint density at radius 1 is 1.47 bits per heavy atom. The first-order valence-electron chi connectivity index (χ1n) is 5.03. The Bertz CT molecular complexity index is 672. The molecule has 0 amide bonds. The summed E-state index contributed by atoms with van der Waals surface area (Å²) in [5, 5.41) is 10.7. The van der Waals surface area contributed by atoms with Gasteiger partial charge in [0.25, 0.3) is 14.7 Å². The van der Waals surface area contributed by atoms with Crippen LogP contribution in [0.15, 0.2) is 17.0 Å². The number of nitrogens with zero attached hydrogens (tertiary/aromatic N) is 1. The van der Waals surface area contributed by atoms with Crippen LogP contribution in [0.5, 0.6) is 5.75 Å². The van der Waals surface area contributed by atoms with Gasteiger partial charge in [0.1, 0.15) is 17.3 Å². The summed E-state index contributed by atoms with van der Waals surface area (Å²) >= 11 is 0. The molecule has 6 nitrogen and oxygen atoms in total. The summed E-state index contributed by atoms with van der Waals surface area (Å²) in [7, 11) is 1.10. The predicted octanol–water partition coefficient (Wildman–Crippen LogP) is 2.23. The van der Waals surface area contributed by atoms with Crippen LogP contribution >= 0.6 is 10.7 Å². The number of aryl methyl sites for hydroxylation is 1. The molecule has 0 atom stereocenters. The highest BCUT2D eigenvalue weighted by Crippen LogP contribution is 2.34. The largest absolute Gasteiger partial charge is 0.479 e. The van der Waals surface area contributed by atoms with Crippen LogP contribution < -0.4 is 4.74 Å². The summed E-state index contributed by atoms with van der Waals surface area (Å²) in [5.74, 6) is 5.15. The van der Waals surface area contributed by atoms with Gasteiger partial charge in [-0.05, 0) is 19.4 Å². The van der Waals surface area contributed by atoms with Crippen molar-refractivity contribution in [3.63, 3.8) is 0 Å². The molecule has 19 heavy (non-hydrogen) atoms. The molecule has 0 saturated heterocycles. The monoisotopic (exact) mass is 303 g/mol. The summed E-state index contributed by atoms with van der Waals surface area (Å²) < 4.78 is 28.1. The molecule has 1 aromatic carbocycles. The molecule has 8 heteroatoms. The Labute approximate surface area is 114 Å². The number of nitro groups is 1. The maximum Gasteiger partial charge on any atom is 0.271 e. The molecule has 1 rings (SSSR count). The molecule has 1 aromatic rings. The number of nitro benzene ring substituents is 1. The smallest absolute Gasteiger partial charge is 0.271 e. The SMILES string of the molecule is CC#CCOc1c(C)cc([N+](=O)[O-])cc1S(=O)(=O)Cl. The van der Waals surface area contributed by atoms with Crippen molar-refractivity contribution in [1.82, 2.24) is 0 Å². The van der Waals surface area contributed by atoms with Crippen LogP contribution in [0.3, 0.4) is 0 Å². The fraction of sp³-hybridized carbons (Fsp3) is 0.273. The topological polar surface area (TPSA) is 86.5 Å². The predicted molar refractivity (Wildman–Crippen MR) is 69.8 cm³/mol. The van der Waals surface area contributed by atoms with Crippen molar-refractivity contribution in [2.75, 3.05) is 6.61 Å². The van der Waals surface area contributed by atoms with Crippen molar-refractivity contribution in [2.24, 2.45) is 0 Å². The number of benzene rings is 1. The number of ether oxygens (including phenoxy) is 1. The minimum absolute atomic E-state index is 0.0247. The summed E-state index contributed by atoms with van der Waals surface area (Å²) in [6.07, 6.45) is 0. The van der Waals surface area contributed by atoms with E-state index >= 15 is 0 Å². The molecule has 0 aromatic heterocycles. The minimum atomic E-state index is -4.15. The molecule has 0 N–H and O–H groups in total. The highest BCUT2D eigenvalue weighted by Gasteiger charge is 2.23. The second-order valence-electron chi connectivity index (χ2n) is 3.50. The van der Waals surface area contributed by atoms with Crippen molar-refractivity contribution in [2.45, 2.75) is 18.7 Å². The second kappa shape index (κ2) is 5.91. The van der Waals surface area contributed by atoms with Gasteiger partial charge in [-0.25, -0.2) is 8.42 Å². The Hall–Kier alpha value is -1.78. The quantitative estimate of drug-likeness (QED) is 0.368. The van der Waals surface area contributed by atoms with E-state index in [0.717, 1.165) is 6.07 Å². The lowest BCUT2D eigenvalue weighted by Gasteiger charge is -2.10. The van der Waals surface area contributed by atoms with Gasteiger partial charge >= 0.3 is 0 Å². The summed E-state index contributed by atoms with van der Waals surface area (Å²) in [5.41, 5.74) is -0.0722. The number of halogens is 1. The van der Waals surface area contributed by atoms with Crippen LogP contribution in [0.4, 0.5) is 5.69 Å². The standard InChI is InChI=1S/C11H10ClNO5S/c1-3-4-5-18-11-8(2)6-9(13(14)15)7-10(11)19(12,16)17/h6-7H,5H2,1-2H3. The Balaban J connectivity index is 3.42. The molecule has 0 radical (unpaired) electrons. The lowest BCUT2D eigenvalue weighted by atomic mass is 10.2. The highest BCUT2D eigenvalue weighted by atomic mass is 35.7. The Morgan fingerprint density at radius 3 is 2.58 bits per heavy atom. The molecule has 0 aliphatic rings. The van der Waals surface area contributed by atoms with Gasteiger partial charge in [0.2, 0.25) is 0 Å². The first kappa shape index (κ1) is 15.3. The third kappa shape index (κ3) is 3.84. The van der Waals surface area contributed by atoms with Gasteiger partial charge in [0.15, 0.2) is 0 Å². The summed E-state index contributed by atoms with van der Waals surface area (Å²) in [6, 6.07) is 2.07. The molecular weight excluding hydrogens is 294 g/mol. The average molecular weight is 304 g/mol. The molecular formula is C11H10ClNO5S. The van der Waals surface area contributed by atoms with Crippen molar-refractivity contribution in [1.29, 1.82) is 0 Å². The van der Waals surface area contributed by atoms with Crippen LogP contribution in [0, 0.1) is 28.9 Å². The number of hydrogen-bond donors (Lipinski definition) is 0. The number of hydrogen-bond acceptors (Lipinski definition) is 5. The normalized spacial score (nSPS) is 10.5. The zero-order valence-corrected chi connectivity index (χ0v) is 11.7. The molecule has 0 aliphatic heterocycles. The molecule has 0 spiro atoms. The summed E-state index contributed by atoms with van der Waals surface area (Å²) in [6.45, 7) is 3.06. The third-order valence-corrected chi connectivity index (χ3v) is 3.49. The van der Waals surface area contributed by atoms with E-state index in [2.05, 4.69) is 11.8 Å². The lowest BCUT2D eigenvalue weighted by Crippen LogP contribution is -2.04. The Kier molecular flexibility index (Phi) is 4.75. The molecule has 0 bridgehead atoms. The first-order chi connectivity index (χ1) is 8.77. The highest BCUT2D eigenvalue weighted by molar-refractivity contribution is 8.13. The van der Waals surface area contributed by atoms with Gasteiger partial charge in [0.05, 0.1) is 4.92 Å². The fourth-order valence-corrected chi connectivity index (χ4v) is 2.42. The second-order valence-corrected chi connectivity index (χ2v) is 6.03. The van der Waals surface area contributed by atoms with Crippen molar-refractivity contribution >= 4 is 25.4 Å². The maximum atomic E-state index is 11.4. The van der Waals surface area contributed by atoms with Gasteiger partial charge in [-0.2, -0.15) is 0 Å². The van der Waals surface area contributed by atoms with Gasteiger partial charge in [-0.1, -0.05) is 5.92 Å². The van der Waals surface area contributed by atoms with E-state index in [-0.39, 0.29) is 18.0 Å². The molecule has 102 valence electrons. The van der Waals surface area contributed by atoms with E-state index in [1.54, 1.807) is 6.92 Å². The van der Waals surface area contributed by atoms with Crippen molar-refractivity contribution in [3.05, 3.63) is 27.8 Å². The van der Waals surface area contributed by atoms with Crippen LogP contribution in [-0.4, -0.2) is 19.9 Å². The first-order valence-corrected chi connectivity index (χ1v) is 7.34. The third-order valence-electron chi connectivity index (χ3n) is 2.16. The van der Waals surface area contributed by atoms with Crippen LogP contribution in [0.2, 0.25) is 0 Å².